The summed E-state index contributed by atoms with van der Waals surface area (Å²) in [5.74, 6) is 0.981. The number of hydrogen-bond donors (Lipinski definition) is 1. The van der Waals surface area contributed by atoms with Crippen molar-refractivity contribution in [3.63, 3.8) is 0 Å². The summed E-state index contributed by atoms with van der Waals surface area (Å²) >= 11 is 6.02. The number of halogens is 1. The maximum atomic E-state index is 11.7. The molecule has 2 aromatic carbocycles. The number of benzene rings is 2. The quantitative estimate of drug-likeness (QED) is 0.440. The zero-order valence-corrected chi connectivity index (χ0v) is 15.1. The van der Waals surface area contributed by atoms with Gasteiger partial charge in [-0.1, -0.05) is 35.9 Å². The fourth-order valence-corrected chi connectivity index (χ4v) is 4.17. The molecule has 0 saturated heterocycles. The minimum Gasteiger partial charge on any atom is -0.494 e. The molecular weight excluding hydrogens is 352 g/mol. The third-order valence-electron chi connectivity index (χ3n) is 5.16. The molecule has 0 unspecified atom stereocenters. The Morgan fingerprint density at radius 1 is 1.31 bits per heavy atom. The molecule has 0 saturated carbocycles. The third kappa shape index (κ3) is 2.82. The first-order valence-electron chi connectivity index (χ1n) is 8.72. The van der Waals surface area contributed by atoms with Gasteiger partial charge in [-0.05, 0) is 48.6 Å². The highest BCUT2D eigenvalue weighted by molar-refractivity contribution is 6.30. The number of nitrogens with zero attached hydrogens (tertiary/aromatic N) is 1. The first-order chi connectivity index (χ1) is 12.6. The molecule has 1 aliphatic heterocycles. The fourth-order valence-electron chi connectivity index (χ4n) is 4.05. The van der Waals surface area contributed by atoms with E-state index in [-0.39, 0.29) is 22.6 Å². The van der Waals surface area contributed by atoms with Gasteiger partial charge >= 0.3 is 0 Å². The van der Waals surface area contributed by atoms with E-state index >= 15 is 0 Å². The molecule has 5 nitrogen and oxygen atoms in total. The first kappa shape index (κ1) is 16.9. The van der Waals surface area contributed by atoms with Crippen molar-refractivity contribution < 1.29 is 9.66 Å². The molecule has 0 spiro atoms. The number of nitro groups is 1. The number of fused-ring (bicyclic) bond motifs is 3. The van der Waals surface area contributed by atoms with Gasteiger partial charge in [-0.25, -0.2) is 0 Å². The van der Waals surface area contributed by atoms with Crippen molar-refractivity contribution in [2.24, 2.45) is 5.92 Å². The Hall–Kier alpha value is -2.53. The van der Waals surface area contributed by atoms with Gasteiger partial charge in [0.1, 0.15) is 11.4 Å². The Balaban J connectivity index is 1.83. The molecule has 0 radical (unpaired) electrons. The van der Waals surface area contributed by atoms with Crippen molar-refractivity contribution in [2.75, 3.05) is 11.9 Å². The van der Waals surface area contributed by atoms with Crippen LogP contribution in [0.4, 0.5) is 11.4 Å². The predicted molar refractivity (Wildman–Crippen MR) is 102 cm³/mol. The van der Waals surface area contributed by atoms with Crippen LogP contribution in [-0.4, -0.2) is 11.5 Å². The molecule has 1 heterocycles. The number of allylic oxidation sites excluding steroid dienone is 2. The van der Waals surface area contributed by atoms with Crippen LogP contribution >= 0.6 is 11.6 Å². The second-order valence-corrected chi connectivity index (χ2v) is 7.06. The van der Waals surface area contributed by atoms with Crippen molar-refractivity contribution >= 4 is 23.0 Å². The molecule has 0 bridgehead atoms. The van der Waals surface area contributed by atoms with E-state index in [1.807, 2.05) is 37.3 Å². The number of nitrogens with one attached hydrogen (secondary N) is 1. The lowest BCUT2D eigenvalue weighted by Crippen LogP contribution is -2.29. The van der Waals surface area contributed by atoms with Crippen LogP contribution in [0.15, 0.2) is 48.6 Å². The lowest BCUT2D eigenvalue weighted by atomic mass is 9.76. The van der Waals surface area contributed by atoms with Crippen molar-refractivity contribution in [3.05, 3.63) is 74.8 Å². The molecule has 0 fully saturated rings. The summed E-state index contributed by atoms with van der Waals surface area (Å²) in [6.45, 7) is 2.35. The maximum absolute atomic E-state index is 11.7. The Morgan fingerprint density at radius 2 is 2.08 bits per heavy atom. The van der Waals surface area contributed by atoms with E-state index in [0.29, 0.717) is 29.0 Å². The Kier molecular flexibility index (Phi) is 4.32. The Labute approximate surface area is 156 Å². The number of nitro benzene ring substituents is 1. The van der Waals surface area contributed by atoms with Gasteiger partial charge in [-0.3, -0.25) is 10.1 Å². The predicted octanol–water partition coefficient (Wildman–Crippen LogP) is 5.47. The summed E-state index contributed by atoms with van der Waals surface area (Å²) in [4.78, 5) is 11.3. The van der Waals surface area contributed by atoms with Crippen LogP contribution in [0, 0.1) is 16.0 Å². The van der Waals surface area contributed by atoms with Crippen LogP contribution in [0.5, 0.6) is 5.75 Å². The first-order valence-corrected chi connectivity index (χ1v) is 9.10. The van der Waals surface area contributed by atoms with Gasteiger partial charge in [-0.15, -0.1) is 0 Å². The van der Waals surface area contributed by atoms with Crippen molar-refractivity contribution in [1.82, 2.24) is 0 Å². The van der Waals surface area contributed by atoms with Gasteiger partial charge in [0.2, 0.25) is 0 Å². The largest absolute Gasteiger partial charge is 0.494 e. The molecular formula is C20H19ClN2O3. The van der Waals surface area contributed by atoms with E-state index in [1.165, 1.54) is 6.07 Å². The molecule has 1 N–H and O–H groups in total. The molecule has 2 aromatic rings. The molecule has 134 valence electrons. The van der Waals surface area contributed by atoms with Gasteiger partial charge in [0.15, 0.2) is 0 Å². The third-order valence-corrected chi connectivity index (χ3v) is 5.41. The standard InChI is InChI=1S/C20H19ClN2O3/c1-2-26-14-10-17-15-4-3-5-16(15)19(12-6-8-13(21)9-7-12)22-20(17)18(11-14)23(24)25/h3-4,6-11,15-16,19,22H,2,5H2,1H3/t15-,16-,19-/m0/s1. The zero-order chi connectivity index (χ0) is 18.3. The number of rotatable bonds is 4. The van der Waals surface area contributed by atoms with E-state index < -0.39 is 0 Å². The van der Waals surface area contributed by atoms with Crippen LogP contribution < -0.4 is 10.1 Å². The highest BCUT2D eigenvalue weighted by Gasteiger charge is 2.41. The molecule has 1 aliphatic carbocycles. The summed E-state index contributed by atoms with van der Waals surface area (Å²) in [5, 5.41) is 15.8. The minimum atomic E-state index is -0.341. The minimum absolute atomic E-state index is 0.00332. The summed E-state index contributed by atoms with van der Waals surface area (Å²) < 4.78 is 5.56. The van der Waals surface area contributed by atoms with E-state index in [1.54, 1.807) is 0 Å². The maximum Gasteiger partial charge on any atom is 0.296 e. The molecule has 26 heavy (non-hydrogen) atoms. The summed E-state index contributed by atoms with van der Waals surface area (Å²) in [6, 6.07) is 11.1. The number of hydrogen-bond acceptors (Lipinski definition) is 4. The van der Waals surface area contributed by atoms with Crippen LogP contribution in [0.1, 0.15) is 36.4 Å². The summed E-state index contributed by atoms with van der Waals surface area (Å²) in [5.41, 5.74) is 2.67. The van der Waals surface area contributed by atoms with Gasteiger partial charge in [0.05, 0.1) is 23.6 Å². The number of ether oxygens (including phenoxy) is 1. The SMILES string of the molecule is CCOc1cc2c(c([N+](=O)[O-])c1)N[C@@H](c1ccc(Cl)cc1)[C@H]1CC=C[C@H]21. The van der Waals surface area contributed by atoms with Gasteiger partial charge in [0.25, 0.3) is 5.69 Å². The summed E-state index contributed by atoms with van der Waals surface area (Å²) in [6.07, 6.45) is 5.25. The molecule has 0 aromatic heterocycles. The van der Waals surface area contributed by atoms with Crippen LogP contribution in [-0.2, 0) is 0 Å². The summed E-state index contributed by atoms with van der Waals surface area (Å²) in [7, 11) is 0. The van der Waals surface area contributed by atoms with E-state index in [4.69, 9.17) is 16.3 Å². The van der Waals surface area contributed by atoms with Crippen LogP contribution in [0.2, 0.25) is 5.02 Å². The highest BCUT2D eigenvalue weighted by Crippen LogP contribution is 2.53. The van der Waals surface area contributed by atoms with Crippen LogP contribution in [0.3, 0.4) is 0 Å². The second kappa shape index (κ2) is 6.65. The molecule has 2 aliphatic rings. The lowest BCUT2D eigenvalue weighted by Gasteiger charge is -2.37. The normalized spacial score (nSPS) is 23.1. The zero-order valence-electron chi connectivity index (χ0n) is 14.3. The molecule has 0 amide bonds. The molecule has 6 heteroatoms. The van der Waals surface area contributed by atoms with Crippen molar-refractivity contribution in [1.29, 1.82) is 0 Å². The van der Waals surface area contributed by atoms with Crippen molar-refractivity contribution in [2.45, 2.75) is 25.3 Å². The second-order valence-electron chi connectivity index (χ2n) is 6.62. The molecule has 4 rings (SSSR count). The Morgan fingerprint density at radius 3 is 2.77 bits per heavy atom. The van der Waals surface area contributed by atoms with Gasteiger partial charge in [-0.2, -0.15) is 0 Å². The molecule has 3 atom stereocenters. The monoisotopic (exact) mass is 370 g/mol. The lowest BCUT2D eigenvalue weighted by molar-refractivity contribution is -0.384. The van der Waals surface area contributed by atoms with Crippen LogP contribution in [0.25, 0.3) is 0 Å². The fraction of sp³-hybridized carbons (Fsp3) is 0.300. The average molecular weight is 371 g/mol. The van der Waals surface area contributed by atoms with E-state index in [9.17, 15) is 10.1 Å². The average Bonchev–Trinajstić information content (AvgIpc) is 3.11. The topological polar surface area (TPSA) is 64.4 Å². The van der Waals surface area contributed by atoms with Gasteiger partial charge in [0, 0.05) is 10.9 Å². The van der Waals surface area contributed by atoms with E-state index in [2.05, 4.69) is 17.5 Å². The van der Waals surface area contributed by atoms with Gasteiger partial charge < -0.3 is 10.1 Å². The Bertz CT molecular complexity index is 879. The van der Waals surface area contributed by atoms with Crippen molar-refractivity contribution in [3.8, 4) is 5.75 Å². The smallest absolute Gasteiger partial charge is 0.296 e. The van der Waals surface area contributed by atoms with E-state index in [0.717, 1.165) is 17.5 Å². The number of anilines is 1. The highest BCUT2D eigenvalue weighted by atomic mass is 35.5.